The predicted octanol–water partition coefficient (Wildman–Crippen LogP) is 1.52. The molecule has 2 N–H and O–H groups in total. The fourth-order valence-electron chi connectivity index (χ4n) is 2.02. The molecule has 0 saturated heterocycles. The standard InChI is InChI=1S/C14H20N2O2S/c17-19(18,16-14-7-8-14)10-12-3-1-11(2-4-12)9-15-13-5-6-13/h1-4,13-16H,5-10H2. The van der Waals surface area contributed by atoms with E-state index in [1.54, 1.807) is 0 Å². The number of rotatable bonds is 7. The highest BCUT2D eigenvalue weighted by atomic mass is 32.2. The second-order valence-corrected chi connectivity index (χ2v) is 7.38. The minimum atomic E-state index is -3.17. The van der Waals surface area contributed by atoms with Crippen LogP contribution in [0.1, 0.15) is 36.8 Å². The Kier molecular flexibility index (Phi) is 3.60. The van der Waals surface area contributed by atoms with Crippen molar-refractivity contribution in [2.75, 3.05) is 0 Å². The first-order valence-electron chi connectivity index (χ1n) is 6.92. The summed E-state index contributed by atoms with van der Waals surface area (Å²) in [6.07, 6.45) is 4.52. The van der Waals surface area contributed by atoms with Gasteiger partial charge in [-0.1, -0.05) is 24.3 Å². The van der Waals surface area contributed by atoms with E-state index in [-0.39, 0.29) is 11.8 Å². The highest BCUT2D eigenvalue weighted by molar-refractivity contribution is 7.88. The van der Waals surface area contributed by atoms with Crippen LogP contribution < -0.4 is 10.0 Å². The molecule has 19 heavy (non-hydrogen) atoms. The molecule has 0 spiro atoms. The maximum atomic E-state index is 11.8. The van der Waals surface area contributed by atoms with E-state index in [1.165, 1.54) is 18.4 Å². The summed E-state index contributed by atoms with van der Waals surface area (Å²) in [5.74, 6) is 0.0832. The van der Waals surface area contributed by atoms with Gasteiger partial charge >= 0.3 is 0 Å². The normalized spacial score (nSPS) is 19.6. The lowest BCUT2D eigenvalue weighted by molar-refractivity contribution is 0.580. The topological polar surface area (TPSA) is 58.2 Å². The molecule has 0 atom stereocenters. The fraction of sp³-hybridized carbons (Fsp3) is 0.571. The first-order valence-corrected chi connectivity index (χ1v) is 8.57. The zero-order valence-corrected chi connectivity index (χ0v) is 11.7. The van der Waals surface area contributed by atoms with E-state index in [1.807, 2.05) is 24.3 Å². The Morgan fingerprint density at radius 2 is 1.53 bits per heavy atom. The lowest BCUT2D eigenvalue weighted by atomic mass is 10.1. The second-order valence-electron chi connectivity index (χ2n) is 5.62. The molecule has 0 radical (unpaired) electrons. The average molecular weight is 280 g/mol. The second kappa shape index (κ2) is 5.23. The van der Waals surface area contributed by atoms with Crippen LogP contribution in [0.3, 0.4) is 0 Å². The molecule has 0 aromatic heterocycles. The Morgan fingerprint density at radius 1 is 0.947 bits per heavy atom. The molecule has 1 aromatic rings. The van der Waals surface area contributed by atoms with Crippen LogP contribution in [0.2, 0.25) is 0 Å². The SMILES string of the molecule is O=S(=O)(Cc1ccc(CNC2CC2)cc1)NC1CC1. The highest BCUT2D eigenvalue weighted by Crippen LogP contribution is 2.21. The predicted molar refractivity (Wildman–Crippen MR) is 75.1 cm³/mol. The maximum absolute atomic E-state index is 11.8. The summed E-state index contributed by atoms with van der Waals surface area (Å²) >= 11 is 0. The van der Waals surface area contributed by atoms with Gasteiger partial charge in [-0.3, -0.25) is 0 Å². The van der Waals surface area contributed by atoms with Gasteiger partial charge in [0.05, 0.1) is 5.75 Å². The van der Waals surface area contributed by atoms with Crippen molar-refractivity contribution in [3.8, 4) is 0 Å². The van der Waals surface area contributed by atoms with Gasteiger partial charge in [0.1, 0.15) is 0 Å². The minimum absolute atomic E-state index is 0.0832. The Morgan fingerprint density at radius 3 is 2.11 bits per heavy atom. The number of hydrogen-bond donors (Lipinski definition) is 2. The van der Waals surface area contributed by atoms with Crippen LogP contribution in [-0.4, -0.2) is 20.5 Å². The molecule has 0 heterocycles. The van der Waals surface area contributed by atoms with E-state index in [0.717, 1.165) is 24.9 Å². The number of hydrogen-bond acceptors (Lipinski definition) is 3. The van der Waals surface area contributed by atoms with Crippen molar-refractivity contribution in [2.24, 2.45) is 0 Å². The molecular weight excluding hydrogens is 260 g/mol. The Labute approximate surface area is 114 Å². The van der Waals surface area contributed by atoms with Gasteiger partial charge in [-0.05, 0) is 36.8 Å². The first kappa shape index (κ1) is 13.1. The number of sulfonamides is 1. The molecule has 0 amide bonds. The van der Waals surface area contributed by atoms with Crippen LogP contribution in [0.5, 0.6) is 0 Å². The van der Waals surface area contributed by atoms with E-state index in [0.29, 0.717) is 6.04 Å². The molecule has 2 aliphatic carbocycles. The summed E-state index contributed by atoms with van der Waals surface area (Å²) in [5, 5.41) is 3.44. The van der Waals surface area contributed by atoms with E-state index >= 15 is 0 Å². The van der Waals surface area contributed by atoms with Gasteiger partial charge in [0.25, 0.3) is 0 Å². The Bertz CT molecular complexity index is 531. The molecule has 2 saturated carbocycles. The van der Waals surface area contributed by atoms with Crippen molar-refractivity contribution in [2.45, 2.75) is 50.1 Å². The van der Waals surface area contributed by atoms with Gasteiger partial charge in [-0.2, -0.15) is 0 Å². The molecule has 2 fully saturated rings. The zero-order chi connectivity index (χ0) is 13.3. The molecule has 5 heteroatoms. The van der Waals surface area contributed by atoms with E-state index < -0.39 is 10.0 Å². The molecular formula is C14H20N2O2S. The minimum Gasteiger partial charge on any atom is -0.310 e. The Balaban J connectivity index is 1.55. The fourth-order valence-corrected chi connectivity index (χ4v) is 3.48. The van der Waals surface area contributed by atoms with Crippen molar-refractivity contribution < 1.29 is 8.42 Å². The molecule has 104 valence electrons. The average Bonchev–Trinajstić information content (AvgIpc) is 3.22. The molecule has 1 aromatic carbocycles. The summed E-state index contributed by atoms with van der Waals surface area (Å²) in [4.78, 5) is 0. The van der Waals surface area contributed by atoms with Crippen LogP contribution in [0.15, 0.2) is 24.3 Å². The van der Waals surface area contributed by atoms with E-state index in [2.05, 4.69) is 10.0 Å². The van der Waals surface area contributed by atoms with Gasteiger partial charge in [0.15, 0.2) is 0 Å². The van der Waals surface area contributed by atoms with Gasteiger partial charge < -0.3 is 5.32 Å². The van der Waals surface area contributed by atoms with Crippen molar-refractivity contribution in [1.29, 1.82) is 0 Å². The summed E-state index contributed by atoms with van der Waals surface area (Å²) < 4.78 is 26.4. The van der Waals surface area contributed by atoms with Crippen LogP contribution in [0.4, 0.5) is 0 Å². The van der Waals surface area contributed by atoms with E-state index in [4.69, 9.17) is 0 Å². The molecule has 4 nitrogen and oxygen atoms in total. The van der Waals surface area contributed by atoms with Gasteiger partial charge in [-0.25, -0.2) is 13.1 Å². The third kappa shape index (κ3) is 4.30. The summed E-state index contributed by atoms with van der Waals surface area (Å²) in [7, 11) is -3.17. The molecule has 3 rings (SSSR count). The third-order valence-electron chi connectivity index (χ3n) is 3.48. The Hall–Kier alpha value is -0.910. The number of benzene rings is 1. The molecule has 2 aliphatic rings. The summed E-state index contributed by atoms with van der Waals surface area (Å²) in [6.45, 7) is 0.873. The summed E-state index contributed by atoms with van der Waals surface area (Å²) in [5.41, 5.74) is 2.06. The monoisotopic (exact) mass is 280 g/mol. The van der Waals surface area contributed by atoms with Crippen LogP contribution >= 0.6 is 0 Å². The van der Waals surface area contributed by atoms with Crippen molar-refractivity contribution in [3.05, 3.63) is 35.4 Å². The largest absolute Gasteiger partial charge is 0.310 e. The van der Waals surface area contributed by atoms with Crippen molar-refractivity contribution >= 4 is 10.0 Å². The van der Waals surface area contributed by atoms with Gasteiger partial charge in [0, 0.05) is 18.6 Å². The van der Waals surface area contributed by atoms with Crippen molar-refractivity contribution in [1.82, 2.24) is 10.0 Å². The maximum Gasteiger partial charge on any atom is 0.216 e. The van der Waals surface area contributed by atoms with Crippen molar-refractivity contribution in [3.63, 3.8) is 0 Å². The van der Waals surface area contributed by atoms with E-state index in [9.17, 15) is 8.42 Å². The van der Waals surface area contributed by atoms with Crippen LogP contribution in [0.25, 0.3) is 0 Å². The molecule has 0 bridgehead atoms. The quantitative estimate of drug-likeness (QED) is 0.796. The first-order chi connectivity index (χ1) is 9.11. The van der Waals surface area contributed by atoms with Gasteiger partial charge in [-0.15, -0.1) is 0 Å². The zero-order valence-electron chi connectivity index (χ0n) is 10.9. The number of nitrogens with one attached hydrogen (secondary N) is 2. The smallest absolute Gasteiger partial charge is 0.216 e. The van der Waals surface area contributed by atoms with Crippen LogP contribution in [-0.2, 0) is 22.3 Å². The summed E-state index contributed by atoms with van der Waals surface area (Å²) in [6, 6.07) is 8.73. The molecule has 0 unspecified atom stereocenters. The highest BCUT2D eigenvalue weighted by Gasteiger charge is 2.26. The molecule has 0 aliphatic heterocycles. The van der Waals surface area contributed by atoms with Crippen LogP contribution in [0, 0.1) is 0 Å². The lowest BCUT2D eigenvalue weighted by Crippen LogP contribution is -2.27. The van der Waals surface area contributed by atoms with Gasteiger partial charge in [0.2, 0.25) is 10.0 Å². The third-order valence-corrected chi connectivity index (χ3v) is 4.88. The lowest BCUT2D eigenvalue weighted by Gasteiger charge is -2.07.